The summed E-state index contributed by atoms with van der Waals surface area (Å²) in [7, 11) is 1.45. The molecule has 32 heavy (non-hydrogen) atoms. The molecule has 3 aromatic rings. The number of carbonyl (C=O) groups excluding carboxylic acids is 2. The minimum Gasteiger partial charge on any atom is -0.470 e. The van der Waals surface area contributed by atoms with Gasteiger partial charge in [-0.15, -0.1) is 5.10 Å². The van der Waals surface area contributed by atoms with Gasteiger partial charge in [0.15, 0.2) is 6.23 Å². The third kappa shape index (κ3) is 3.28. The number of hydrogen-bond donors (Lipinski definition) is 1. The van der Waals surface area contributed by atoms with E-state index in [0.717, 1.165) is 17.5 Å². The van der Waals surface area contributed by atoms with Crippen molar-refractivity contribution in [2.75, 3.05) is 13.6 Å². The number of fused-ring (bicyclic) bond motifs is 3. The number of hydrogen-bond acceptors (Lipinski definition) is 6. The molecular weight excluding hydrogens is 417 g/mol. The molecule has 1 unspecified atom stereocenters. The normalized spacial score (nSPS) is 18.1. The molecule has 0 spiro atoms. The van der Waals surface area contributed by atoms with Crippen molar-refractivity contribution < 1.29 is 18.7 Å². The van der Waals surface area contributed by atoms with E-state index in [1.807, 2.05) is 0 Å². The number of aromatic nitrogens is 3. The number of halogens is 1. The molecule has 2 amide bonds. The number of rotatable bonds is 4. The Labute approximate surface area is 181 Å². The lowest BCUT2D eigenvalue weighted by Gasteiger charge is -2.31. The molecule has 10 heteroatoms. The molecule has 0 aliphatic carbocycles. The van der Waals surface area contributed by atoms with E-state index in [2.05, 4.69) is 15.6 Å². The first-order valence-electron chi connectivity index (χ1n) is 10.3. The van der Waals surface area contributed by atoms with E-state index in [1.54, 1.807) is 11.0 Å². The minimum absolute atomic E-state index is 0.0501. The van der Waals surface area contributed by atoms with Crippen LogP contribution in [0, 0.1) is 5.82 Å². The highest BCUT2D eigenvalue weighted by molar-refractivity contribution is 6.01. The second-order valence-electron chi connectivity index (χ2n) is 7.88. The van der Waals surface area contributed by atoms with Crippen molar-refractivity contribution >= 4 is 22.7 Å². The van der Waals surface area contributed by atoms with E-state index >= 15 is 0 Å². The van der Waals surface area contributed by atoms with Gasteiger partial charge in [0.1, 0.15) is 23.1 Å². The molecule has 164 valence electrons. The maximum Gasteiger partial charge on any atom is 0.278 e. The third-order valence-electron chi connectivity index (χ3n) is 5.90. The predicted octanol–water partition coefficient (Wildman–Crippen LogP) is 1.41. The van der Waals surface area contributed by atoms with Crippen molar-refractivity contribution in [1.29, 1.82) is 0 Å². The fraction of sp³-hybridized carbons (Fsp3) is 0.318. The molecule has 5 rings (SSSR count). The lowest BCUT2D eigenvalue weighted by atomic mass is 10.0. The summed E-state index contributed by atoms with van der Waals surface area (Å²) >= 11 is 0. The Morgan fingerprint density at radius 3 is 2.94 bits per heavy atom. The van der Waals surface area contributed by atoms with Gasteiger partial charge in [0, 0.05) is 26.4 Å². The molecule has 0 radical (unpaired) electrons. The Balaban J connectivity index is 1.59. The van der Waals surface area contributed by atoms with Crippen LogP contribution in [0.4, 0.5) is 4.39 Å². The summed E-state index contributed by atoms with van der Waals surface area (Å²) in [6.07, 6.45) is 1.30. The van der Waals surface area contributed by atoms with Gasteiger partial charge in [-0.2, -0.15) is 4.68 Å². The van der Waals surface area contributed by atoms with Gasteiger partial charge in [-0.3, -0.25) is 14.4 Å². The van der Waals surface area contributed by atoms with Crippen LogP contribution < -0.4 is 15.6 Å². The SMILES string of the molecule is CNC(=O)[C@H](Cc1cccc(F)c1)n1nnc2cc3c(cc2c1=O)OC1CCCN1C3=O. The fourth-order valence-electron chi connectivity index (χ4n) is 4.29. The molecule has 9 nitrogen and oxygen atoms in total. The zero-order valence-electron chi connectivity index (χ0n) is 17.2. The van der Waals surface area contributed by atoms with Crippen LogP contribution in [0.3, 0.4) is 0 Å². The number of likely N-dealkylation sites (N-methyl/N-ethyl adjacent to an activating group) is 1. The van der Waals surface area contributed by atoms with Crippen molar-refractivity contribution in [3.05, 3.63) is 63.7 Å². The quantitative estimate of drug-likeness (QED) is 0.662. The average Bonchev–Trinajstić information content (AvgIpc) is 3.26. The van der Waals surface area contributed by atoms with Gasteiger partial charge in [0.25, 0.3) is 11.5 Å². The van der Waals surface area contributed by atoms with Gasteiger partial charge >= 0.3 is 0 Å². The van der Waals surface area contributed by atoms with Crippen LogP contribution in [0.2, 0.25) is 0 Å². The summed E-state index contributed by atoms with van der Waals surface area (Å²) in [6.45, 7) is 0.627. The number of nitrogens with one attached hydrogen (secondary N) is 1. The Morgan fingerprint density at radius 1 is 1.31 bits per heavy atom. The number of ether oxygens (including phenoxy) is 1. The maximum atomic E-state index is 13.6. The topological polar surface area (TPSA) is 106 Å². The van der Waals surface area contributed by atoms with Gasteiger partial charge in [-0.05, 0) is 36.2 Å². The summed E-state index contributed by atoms with van der Waals surface area (Å²) in [5, 5.41) is 10.8. The van der Waals surface area contributed by atoms with Crippen LogP contribution in [0.5, 0.6) is 5.75 Å². The number of nitrogens with zero attached hydrogens (tertiary/aromatic N) is 4. The second-order valence-corrected chi connectivity index (χ2v) is 7.88. The molecule has 1 N–H and O–H groups in total. The van der Waals surface area contributed by atoms with Gasteiger partial charge in [-0.1, -0.05) is 17.3 Å². The molecule has 0 bridgehead atoms. The van der Waals surface area contributed by atoms with Crippen molar-refractivity contribution in [3.63, 3.8) is 0 Å². The smallest absolute Gasteiger partial charge is 0.278 e. The summed E-state index contributed by atoms with van der Waals surface area (Å²) in [6, 6.07) is 7.77. The van der Waals surface area contributed by atoms with E-state index < -0.39 is 23.3 Å². The van der Waals surface area contributed by atoms with Crippen LogP contribution in [0.15, 0.2) is 41.2 Å². The first-order chi connectivity index (χ1) is 15.5. The van der Waals surface area contributed by atoms with Crippen molar-refractivity contribution in [1.82, 2.24) is 25.2 Å². The third-order valence-corrected chi connectivity index (χ3v) is 5.90. The molecule has 1 aromatic heterocycles. The van der Waals surface area contributed by atoms with E-state index in [-0.39, 0.29) is 29.5 Å². The van der Waals surface area contributed by atoms with Crippen LogP contribution >= 0.6 is 0 Å². The van der Waals surface area contributed by atoms with Crippen LogP contribution in [0.25, 0.3) is 10.9 Å². The van der Waals surface area contributed by atoms with Gasteiger partial charge in [0.05, 0.1) is 10.9 Å². The highest BCUT2D eigenvalue weighted by atomic mass is 19.1. The highest BCUT2D eigenvalue weighted by Crippen LogP contribution is 2.34. The molecule has 2 atom stereocenters. The Bertz CT molecular complexity index is 1310. The zero-order valence-corrected chi connectivity index (χ0v) is 17.2. The number of amides is 2. The largest absolute Gasteiger partial charge is 0.470 e. The maximum absolute atomic E-state index is 13.6. The lowest BCUT2D eigenvalue weighted by Crippen LogP contribution is -2.43. The Kier molecular flexibility index (Phi) is 4.84. The molecule has 3 heterocycles. The van der Waals surface area contributed by atoms with Crippen LogP contribution in [-0.2, 0) is 11.2 Å². The van der Waals surface area contributed by atoms with E-state index in [1.165, 1.54) is 37.4 Å². The Hall–Kier alpha value is -3.82. The van der Waals surface area contributed by atoms with Crippen molar-refractivity contribution in [2.24, 2.45) is 0 Å². The van der Waals surface area contributed by atoms with Crippen molar-refractivity contribution in [2.45, 2.75) is 31.5 Å². The fourth-order valence-corrected chi connectivity index (χ4v) is 4.29. The van der Waals surface area contributed by atoms with E-state index in [9.17, 15) is 18.8 Å². The second kappa shape index (κ2) is 7.70. The van der Waals surface area contributed by atoms with Gasteiger partial charge < -0.3 is 15.0 Å². The molecule has 0 saturated carbocycles. The van der Waals surface area contributed by atoms with E-state index in [4.69, 9.17) is 4.74 Å². The molecule has 1 saturated heterocycles. The molecule has 2 aliphatic heterocycles. The van der Waals surface area contributed by atoms with Crippen LogP contribution in [0.1, 0.15) is 34.8 Å². The van der Waals surface area contributed by atoms with Crippen molar-refractivity contribution in [3.8, 4) is 5.75 Å². The number of carbonyl (C=O) groups is 2. The summed E-state index contributed by atoms with van der Waals surface area (Å²) in [5.74, 6) is -0.736. The van der Waals surface area contributed by atoms with Crippen LogP contribution in [-0.4, -0.2) is 51.5 Å². The monoisotopic (exact) mass is 437 g/mol. The van der Waals surface area contributed by atoms with E-state index in [0.29, 0.717) is 23.4 Å². The lowest BCUT2D eigenvalue weighted by molar-refractivity contribution is -0.124. The minimum atomic E-state index is -1.03. The highest BCUT2D eigenvalue weighted by Gasteiger charge is 2.37. The average molecular weight is 437 g/mol. The predicted molar refractivity (Wildman–Crippen MR) is 112 cm³/mol. The zero-order chi connectivity index (χ0) is 22.4. The summed E-state index contributed by atoms with van der Waals surface area (Å²) in [5.41, 5.74) is 0.562. The molecule has 2 aromatic carbocycles. The van der Waals surface area contributed by atoms with Gasteiger partial charge in [-0.25, -0.2) is 4.39 Å². The standard InChI is InChI=1S/C22H20FN5O4/c1-24-20(29)17(9-12-4-2-5-13(23)8-12)28-22(31)14-11-18-15(10-16(14)25-26-28)21(30)27-7-3-6-19(27)32-18/h2,4-5,8,10-11,17,19H,3,6-7,9H2,1H3,(H,24,29)/t17-,19?/m0/s1. The molecule has 2 aliphatic rings. The van der Waals surface area contributed by atoms with Gasteiger partial charge in [0.2, 0.25) is 5.91 Å². The Morgan fingerprint density at radius 2 is 2.16 bits per heavy atom. The molecular formula is C22H20FN5O4. The summed E-state index contributed by atoms with van der Waals surface area (Å²) < 4.78 is 20.6. The first-order valence-corrected chi connectivity index (χ1v) is 10.3. The molecule has 1 fully saturated rings. The number of benzene rings is 2. The summed E-state index contributed by atoms with van der Waals surface area (Å²) in [4.78, 5) is 40.3. The first kappa shape index (κ1) is 20.1.